The normalized spacial score (nSPS) is 13.3. The summed E-state index contributed by atoms with van der Waals surface area (Å²) in [6.45, 7) is 1.97. The van der Waals surface area contributed by atoms with Crippen LogP contribution in [0.2, 0.25) is 0 Å². The average Bonchev–Trinajstić information content (AvgIpc) is 3.12. The van der Waals surface area contributed by atoms with Gasteiger partial charge in [-0.1, -0.05) is 59.8 Å². The highest BCUT2D eigenvalue weighted by atomic mass is 32.2. The number of imide groups is 1. The van der Waals surface area contributed by atoms with Crippen molar-refractivity contribution in [1.82, 2.24) is 0 Å². The fraction of sp³-hybridized carbons (Fsp3) is 0.0345. The molecule has 4 aromatic carbocycles. The Bertz CT molecular complexity index is 1450. The van der Waals surface area contributed by atoms with Crippen LogP contribution in [-0.2, 0) is 9.59 Å². The number of hydrogen-bond acceptors (Lipinski definition) is 5. The Morgan fingerprint density at radius 2 is 1.39 bits per heavy atom. The maximum Gasteiger partial charge on any atom is 0.283 e. The fourth-order valence-corrected chi connectivity index (χ4v) is 4.59. The van der Waals surface area contributed by atoms with Crippen LogP contribution in [0.15, 0.2) is 119 Å². The van der Waals surface area contributed by atoms with Crippen molar-refractivity contribution < 1.29 is 18.7 Å². The van der Waals surface area contributed by atoms with Crippen molar-refractivity contribution in [3.05, 3.63) is 125 Å². The molecule has 178 valence electrons. The highest BCUT2D eigenvalue weighted by Crippen LogP contribution is 2.38. The first-order valence-electron chi connectivity index (χ1n) is 11.2. The number of benzene rings is 4. The van der Waals surface area contributed by atoms with Gasteiger partial charge in [-0.25, -0.2) is 9.29 Å². The van der Waals surface area contributed by atoms with Crippen LogP contribution in [0.25, 0.3) is 0 Å². The molecule has 36 heavy (non-hydrogen) atoms. The molecule has 5 nitrogen and oxygen atoms in total. The van der Waals surface area contributed by atoms with Gasteiger partial charge in [-0.15, -0.1) is 0 Å². The summed E-state index contributed by atoms with van der Waals surface area (Å²) in [7, 11) is 0. The second-order valence-corrected chi connectivity index (χ2v) is 9.16. The third kappa shape index (κ3) is 4.87. The zero-order valence-electron chi connectivity index (χ0n) is 19.3. The first-order valence-corrected chi connectivity index (χ1v) is 12.0. The predicted molar refractivity (Wildman–Crippen MR) is 140 cm³/mol. The Morgan fingerprint density at radius 3 is 2.08 bits per heavy atom. The van der Waals surface area contributed by atoms with E-state index < -0.39 is 17.6 Å². The molecular formula is C29H21FN2O3S. The van der Waals surface area contributed by atoms with Crippen molar-refractivity contribution in [3.63, 3.8) is 0 Å². The Labute approximate surface area is 212 Å². The molecule has 0 aliphatic carbocycles. The van der Waals surface area contributed by atoms with E-state index in [1.165, 1.54) is 23.9 Å². The lowest BCUT2D eigenvalue weighted by Crippen LogP contribution is -2.32. The molecule has 0 atom stereocenters. The molecule has 0 fully saturated rings. The quantitative estimate of drug-likeness (QED) is 0.282. The minimum absolute atomic E-state index is 0.0280. The van der Waals surface area contributed by atoms with E-state index in [2.05, 4.69) is 5.32 Å². The lowest BCUT2D eigenvalue weighted by molar-refractivity contribution is -0.120. The summed E-state index contributed by atoms with van der Waals surface area (Å²) >= 11 is 1.17. The number of aryl methyl sites for hydroxylation is 1. The minimum Gasteiger partial charge on any atom is -0.457 e. The van der Waals surface area contributed by atoms with Gasteiger partial charge in [0.05, 0.1) is 11.4 Å². The van der Waals surface area contributed by atoms with Crippen LogP contribution < -0.4 is 15.0 Å². The third-order valence-electron chi connectivity index (χ3n) is 5.49. The first kappa shape index (κ1) is 23.4. The van der Waals surface area contributed by atoms with Crippen molar-refractivity contribution in [3.8, 4) is 11.5 Å². The second-order valence-electron chi connectivity index (χ2n) is 8.08. The number of carbonyl (C=O) groups is 2. The minimum atomic E-state index is -0.561. The van der Waals surface area contributed by atoms with Gasteiger partial charge in [-0.2, -0.15) is 0 Å². The molecule has 0 saturated carbocycles. The highest BCUT2D eigenvalue weighted by Gasteiger charge is 2.40. The van der Waals surface area contributed by atoms with Gasteiger partial charge in [0, 0.05) is 4.90 Å². The maximum absolute atomic E-state index is 14.4. The van der Waals surface area contributed by atoms with E-state index in [9.17, 15) is 14.0 Å². The maximum atomic E-state index is 14.4. The summed E-state index contributed by atoms with van der Waals surface area (Å²) in [5.74, 6) is -0.328. The lowest BCUT2D eigenvalue weighted by atomic mass is 10.2. The number of carbonyl (C=O) groups excluding carboxylic acids is 2. The van der Waals surface area contributed by atoms with Gasteiger partial charge in [0.2, 0.25) is 0 Å². The molecule has 1 aliphatic heterocycles. The van der Waals surface area contributed by atoms with Gasteiger partial charge in [0.1, 0.15) is 27.9 Å². The van der Waals surface area contributed by atoms with Crippen molar-refractivity contribution in [2.45, 2.75) is 11.8 Å². The highest BCUT2D eigenvalue weighted by molar-refractivity contribution is 8.04. The number of amides is 2. The number of rotatable bonds is 7. The van der Waals surface area contributed by atoms with Crippen LogP contribution in [-0.4, -0.2) is 11.8 Å². The number of para-hydroxylation sites is 2. The number of nitrogens with one attached hydrogen (secondary N) is 1. The summed E-state index contributed by atoms with van der Waals surface area (Å²) < 4.78 is 20.2. The number of hydrogen-bond donors (Lipinski definition) is 1. The molecule has 7 heteroatoms. The number of halogens is 1. The Hall–Kier alpha value is -4.36. The van der Waals surface area contributed by atoms with E-state index in [1.54, 1.807) is 36.4 Å². The van der Waals surface area contributed by atoms with Crippen LogP contribution in [0.1, 0.15) is 5.56 Å². The molecule has 0 radical (unpaired) electrons. The number of anilines is 2. The molecule has 0 bridgehead atoms. The van der Waals surface area contributed by atoms with Crippen LogP contribution in [0.4, 0.5) is 15.8 Å². The van der Waals surface area contributed by atoms with Gasteiger partial charge in [0.15, 0.2) is 0 Å². The predicted octanol–water partition coefficient (Wildman–Crippen LogP) is 6.92. The van der Waals surface area contributed by atoms with Crippen molar-refractivity contribution in [2.75, 3.05) is 10.2 Å². The van der Waals surface area contributed by atoms with E-state index in [-0.39, 0.29) is 16.3 Å². The zero-order chi connectivity index (χ0) is 25.1. The molecule has 0 saturated heterocycles. The Kier molecular flexibility index (Phi) is 6.56. The molecule has 0 aromatic heterocycles. The molecule has 5 rings (SSSR count). The van der Waals surface area contributed by atoms with Crippen LogP contribution >= 0.6 is 11.8 Å². The standard InChI is InChI=1S/C29H21FN2O3S/c1-19-11-17-23(18-12-19)36-27-26(31-25-10-6-5-9-24(25)30)28(33)32(29(27)34)20-13-15-22(16-14-20)35-21-7-3-2-4-8-21/h2-18,31H,1H3. The van der Waals surface area contributed by atoms with Crippen LogP contribution in [0.3, 0.4) is 0 Å². The average molecular weight is 497 g/mol. The van der Waals surface area contributed by atoms with E-state index in [0.717, 1.165) is 15.4 Å². The van der Waals surface area contributed by atoms with E-state index in [0.29, 0.717) is 17.2 Å². The fourth-order valence-electron chi connectivity index (χ4n) is 3.66. The monoisotopic (exact) mass is 496 g/mol. The number of thioether (sulfide) groups is 1. The Morgan fingerprint density at radius 1 is 0.750 bits per heavy atom. The second kappa shape index (κ2) is 10.1. The topological polar surface area (TPSA) is 58.6 Å². The van der Waals surface area contributed by atoms with Gasteiger partial charge in [-0.3, -0.25) is 9.59 Å². The summed E-state index contributed by atoms with van der Waals surface area (Å²) in [5.41, 5.74) is 1.61. The number of nitrogens with zero attached hydrogens (tertiary/aromatic N) is 1. The number of ether oxygens (including phenoxy) is 1. The molecular weight excluding hydrogens is 475 g/mol. The summed E-state index contributed by atoms with van der Waals surface area (Å²) in [4.78, 5) is 29.1. The summed E-state index contributed by atoms with van der Waals surface area (Å²) in [5, 5.41) is 2.86. The largest absolute Gasteiger partial charge is 0.457 e. The third-order valence-corrected chi connectivity index (χ3v) is 6.58. The molecule has 0 spiro atoms. The van der Waals surface area contributed by atoms with E-state index >= 15 is 0 Å². The zero-order valence-corrected chi connectivity index (χ0v) is 20.1. The smallest absolute Gasteiger partial charge is 0.283 e. The molecule has 4 aromatic rings. The molecule has 2 amide bonds. The van der Waals surface area contributed by atoms with Crippen molar-refractivity contribution >= 4 is 35.0 Å². The van der Waals surface area contributed by atoms with Gasteiger partial charge >= 0.3 is 0 Å². The van der Waals surface area contributed by atoms with Gasteiger partial charge in [-0.05, 0) is 67.6 Å². The van der Waals surface area contributed by atoms with Crippen molar-refractivity contribution in [2.24, 2.45) is 0 Å². The Balaban J connectivity index is 1.46. The summed E-state index contributed by atoms with van der Waals surface area (Å²) in [6, 6.07) is 29.6. The van der Waals surface area contributed by atoms with Crippen LogP contribution in [0, 0.1) is 12.7 Å². The van der Waals surface area contributed by atoms with Gasteiger partial charge < -0.3 is 10.1 Å². The molecule has 1 heterocycles. The first-order chi connectivity index (χ1) is 17.5. The summed E-state index contributed by atoms with van der Waals surface area (Å²) in [6.07, 6.45) is 0. The van der Waals surface area contributed by atoms with E-state index in [1.807, 2.05) is 61.5 Å². The lowest BCUT2D eigenvalue weighted by Gasteiger charge is -2.16. The molecule has 1 aliphatic rings. The van der Waals surface area contributed by atoms with E-state index in [4.69, 9.17) is 4.74 Å². The van der Waals surface area contributed by atoms with Crippen molar-refractivity contribution in [1.29, 1.82) is 0 Å². The van der Waals surface area contributed by atoms with Gasteiger partial charge in [0.25, 0.3) is 11.8 Å². The van der Waals surface area contributed by atoms with Crippen LogP contribution in [0.5, 0.6) is 11.5 Å². The SMILES string of the molecule is Cc1ccc(SC2=C(Nc3ccccc3F)C(=O)N(c3ccc(Oc4ccccc4)cc3)C2=O)cc1. The molecule has 0 unspecified atom stereocenters. The molecule has 1 N–H and O–H groups in total.